The quantitative estimate of drug-likeness (QED) is 0.660. The Morgan fingerprint density at radius 1 is 1.37 bits per heavy atom. The van der Waals surface area contributed by atoms with Gasteiger partial charge < -0.3 is 14.8 Å². The van der Waals surface area contributed by atoms with Gasteiger partial charge in [0.05, 0.1) is 19.3 Å². The molecule has 2 rings (SSSR count). The minimum atomic E-state index is -0.463. The van der Waals surface area contributed by atoms with Crippen LogP contribution in [0.3, 0.4) is 0 Å². The Hall–Kier alpha value is -0.970. The van der Waals surface area contributed by atoms with Crippen molar-refractivity contribution in [2.45, 2.75) is 30.6 Å². The Kier molecular flexibility index (Phi) is 4.91. The molecule has 0 radical (unpaired) electrons. The van der Waals surface area contributed by atoms with Crippen LogP contribution in [0.1, 0.15) is 13.8 Å². The molecule has 1 aliphatic heterocycles. The molecule has 1 N–H and O–H groups in total. The van der Waals surface area contributed by atoms with Gasteiger partial charge in [0.25, 0.3) is 0 Å². The molecule has 1 fully saturated rings. The number of thioether (sulfide) groups is 1. The summed E-state index contributed by atoms with van der Waals surface area (Å²) in [6.07, 6.45) is 1.91. The number of benzene rings is 1. The number of nitrogens with one attached hydrogen (secondary N) is 1. The maximum Gasteiger partial charge on any atom is 0.162 e. The Balaban J connectivity index is 1.97. The Morgan fingerprint density at radius 2 is 2.05 bits per heavy atom. The molecule has 4 heteroatoms. The summed E-state index contributed by atoms with van der Waals surface area (Å²) in [6.45, 7) is 8.96. The summed E-state index contributed by atoms with van der Waals surface area (Å²) in [6, 6.07) is 8.48. The summed E-state index contributed by atoms with van der Waals surface area (Å²) in [5.41, 5.74) is 1.13. The molecular weight excluding hydrogens is 258 g/mol. The van der Waals surface area contributed by atoms with Gasteiger partial charge in [0.2, 0.25) is 0 Å². The van der Waals surface area contributed by atoms with Crippen molar-refractivity contribution in [3.8, 4) is 0 Å². The van der Waals surface area contributed by atoms with Crippen molar-refractivity contribution < 1.29 is 9.47 Å². The Morgan fingerprint density at radius 3 is 2.74 bits per heavy atom. The van der Waals surface area contributed by atoms with E-state index in [1.165, 1.54) is 4.90 Å². The van der Waals surface area contributed by atoms with E-state index >= 15 is 0 Å². The molecule has 0 aromatic heterocycles. The zero-order valence-corrected chi connectivity index (χ0v) is 12.3. The molecule has 0 bridgehead atoms. The third-order valence-corrected chi connectivity index (χ3v) is 3.94. The molecule has 19 heavy (non-hydrogen) atoms. The van der Waals surface area contributed by atoms with Crippen molar-refractivity contribution in [3.05, 3.63) is 36.9 Å². The van der Waals surface area contributed by atoms with Gasteiger partial charge in [0.15, 0.2) is 5.79 Å². The maximum atomic E-state index is 5.66. The molecule has 0 spiro atoms. The standard InChI is InChI=1S/C15H21NO2S/c1-4-9-19-14-8-6-5-7-13(14)16-12-10-17-15(2,3)18-11-12/h4-8,12,16H,1,9-11H2,2-3H3. The third-order valence-electron chi connectivity index (χ3n) is 2.87. The summed E-state index contributed by atoms with van der Waals surface area (Å²) in [4.78, 5) is 1.23. The van der Waals surface area contributed by atoms with Crippen LogP contribution in [0.15, 0.2) is 41.8 Å². The van der Waals surface area contributed by atoms with Crippen LogP contribution < -0.4 is 5.32 Å². The number of hydrogen-bond donors (Lipinski definition) is 1. The Labute approximate surface area is 119 Å². The highest BCUT2D eigenvalue weighted by atomic mass is 32.2. The van der Waals surface area contributed by atoms with Crippen LogP contribution in [0, 0.1) is 0 Å². The zero-order valence-electron chi connectivity index (χ0n) is 11.5. The minimum absolute atomic E-state index is 0.193. The van der Waals surface area contributed by atoms with Crippen LogP contribution in [-0.2, 0) is 9.47 Å². The van der Waals surface area contributed by atoms with Gasteiger partial charge in [-0.25, -0.2) is 0 Å². The molecule has 1 aromatic carbocycles. The van der Waals surface area contributed by atoms with Crippen LogP contribution in [-0.4, -0.2) is 30.8 Å². The van der Waals surface area contributed by atoms with Crippen molar-refractivity contribution in [3.63, 3.8) is 0 Å². The average Bonchev–Trinajstić information content (AvgIpc) is 2.40. The van der Waals surface area contributed by atoms with Gasteiger partial charge in [0.1, 0.15) is 0 Å². The van der Waals surface area contributed by atoms with Gasteiger partial charge in [0, 0.05) is 16.3 Å². The monoisotopic (exact) mass is 279 g/mol. The molecule has 3 nitrogen and oxygen atoms in total. The van der Waals surface area contributed by atoms with Crippen molar-refractivity contribution >= 4 is 17.4 Å². The molecule has 104 valence electrons. The number of para-hydroxylation sites is 1. The highest BCUT2D eigenvalue weighted by Crippen LogP contribution is 2.28. The summed E-state index contributed by atoms with van der Waals surface area (Å²) in [5.74, 6) is 0.443. The first-order chi connectivity index (χ1) is 9.11. The first kappa shape index (κ1) is 14.4. The fourth-order valence-electron chi connectivity index (χ4n) is 1.86. The van der Waals surface area contributed by atoms with Crippen molar-refractivity contribution in [1.29, 1.82) is 0 Å². The topological polar surface area (TPSA) is 30.5 Å². The van der Waals surface area contributed by atoms with Gasteiger partial charge in [-0.3, -0.25) is 0 Å². The number of anilines is 1. The largest absolute Gasteiger partial charge is 0.377 e. The average molecular weight is 279 g/mol. The fraction of sp³-hybridized carbons (Fsp3) is 0.467. The first-order valence-corrected chi connectivity index (χ1v) is 7.46. The molecule has 1 aromatic rings. The minimum Gasteiger partial charge on any atom is -0.377 e. The van der Waals surface area contributed by atoms with E-state index in [2.05, 4.69) is 24.0 Å². The molecule has 1 saturated heterocycles. The third kappa shape index (κ3) is 4.27. The summed E-state index contributed by atoms with van der Waals surface area (Å²) < 4.78 is 11.3. The highest BCUT2D eigenvalue weighted by molar-refractivity contribution is 7.99. The second-order valence-corrected chi connectivity index (χ2v) is 6.02. The lowest BCUT2D eigenvalue weighted by atomic mass is 10.2. The molecule has 1 aliphatic rings. The summed E-state index contributed by atoms with van der Waals surface area (Å²) in [5, 5.41) is 3.49. The molecule has 0 atom stereocenters. The van der Waals surface area contributed by atoms with E-state index in [9.17, 15) is 0 Å². The van der Waals surface area contributed by atoms with Crippen LogP contribution in [0.5, 0.6) is 0 Å². The SMILES string of the molecule is C=CCSc1ccccc1NC1COC(C)(C)OC1. The van der Waals surface area contributed by atoms with Crippen LogP contribution in [0.25, 0.3) is 0 Å². The number of hydrogen-bond acceptors (Lipinski definition) is 4. The molecular formula is C15H21NO2S. The van der Waals surface area contributed by atoms with Crippen molar-refractivity contribution in [2.24, 2.45) is 0 Å². The normalized spacial score (nSPS) is 19.1. The number of ether oxygens (including phenoxy) is 2. The predicted octanol–water partition coefficient (Wildman–Crippen LogP) is 3.53. The number of rotatable bonds is 5. The van der Waals surface area contributed by atoms with Gasteiger partial charge in [-0.05, 0) is 26.0 Å². The van der Waals surface area contributed by atoms with Crippen molar-refractivity contribution in [1.82, 2.24) is 0 Å². The highest BCUT2D eigenvalue weighted by Gasteiger charge is 2.28. The fourth-order valence-corrected chi connectivity index (χ4v) is 2.61. The lowest BCUT2D eigenvalue weighted by Crippen LogP contribution is -2.45. The van der Waals surface area contributed by atoms with E-state index in [4.69, 9.17) is 9.47 Å². The van der Waals surface area contributed by atoms with Gasteiger partial charge >= 0.3 is 0 Å². The van der Waals surface area contributed by atoms with E-state index in [0.717, 1.165) is 11.4 Å². The molecule has 0 aliphatic carbocycles. The summed E-state index contributed by atoms with van der Waals surface area (Å²) in [7, 11) is 0. The van der Waals surface area contributed by atoms with E-state index in [-0.39, 0.29) is 6.04 Å². The van der Waals surface area contributed by atoms with Gasteiger partial charge in [-0.2, -0.15) is 0 Å². The van der Waals surface area contributed by atoms with Crippen LogP contribution in [0.2, 0.25) is 0 Å². The molecule has 0 unspecified atom stereocenters. The van der Waals surface area contributed by atoms with Crippen molar-refractivity contribution in [2.75, 3.05) is 24.3 Å². The van der Waals surface area contributed by atoms with E-state index in [0.29, 0.717) is 13.2 Å². The van der Waals surface area contributed by atoms with Crippen LogP contribution in [0.4, 0.5) is 5.69 Å². The summed E-state index contributed by atoms with van der Waals surface area (Å²) >= 11 is 1.77. The zero-order chi connectivity index (χ0) is 13.7. The lowest BCUT2D eigenvalue weighted by Gasteiger charge is -2.35. The predicted molar refractivity (Wildman–Crippen MR) is 80.8 cm³/mol. The molecule has 0 amide bonds. The van der Waals surface area contributed by atoms with Gasteiger partial charge in [-0.1, -0.05) is 18.2 Å². The van der Waals surface area contributed by atoms with E-state index in [1.54, 1.807) is 11.8 Å². The Bertz CT molecular complexity index is 424. The van der Waals surface area contributed by atoms with E-state index in [1.807, 2.05) is 32.1 Å². The molecule has 1 heterocycles. The molecule has 0 saturated carbocycles. The van der Waals surface area contributed by atoms with Crippen LogP contribution >= 0.6 is 11.8 Å². The smallest absolute Gasteiger partial charge is 0.162 e. The second kappa shape index (κ2) is 6.46. The van der Waals surface area contributed by atoms with Gasteiger partial charge in [-0.15, -0.1) is 18.3 Å². The maximum absolute atomic E-state index is 5.66. The first-order valence-electron chi connectivity index (χ1n) is 6.48. The van der Waals surface area contributed by atoms with E-state index < -0.39 is 5.79 Å². The lowest BCUT2D eigenvalue weighted by molar-refractivity contribution is -0.247. The second-order valence-electron chi connectivity index (χ2n) is 4.96.